The Bertz CT molecular complexity index is 898. The lowest BCUT2D eigenvalue weighted by atomic mass is 10.1. The number of fused-ring (bicyclic) bond motifs is 1. The summed E-state index contributed by atoms with van der Waals surface area (Å²) in [6.45, 7) is 5.23. The summed E-state index contributed by atoms with van der Waals surface area (Å²) in [6, 6.07) is 17.9. The van der Waals surface area contributed by atoms with Crippen LogP contribution in [0.4, 0.5) is 5.69 Å². The molecule has 1 saturated heterocycles. The van der Waals surface area contributed by atoms with E-state index in [0.717, 1.165) is 22.5 Å². The topological polar surface area (TPSA) is 38.1 Å². The molecule has 0 saturated carbocycles. The number of allylic oxidation sites excluding steroid dienone is 1. The van der Waals surface area contributed by atoms with Crippen molar-refractivity contribution in [2.24, 2.45) is 0 Å². The molecule has 1 fully saturated rings. The molecule has 2 heterocycles. The van der Waals surface area contributed by atoms with Crippen molar-refractivity contribution in [1.82, 2.24) is 9.55 Å². The molecular formula is C20H19N3O. The van der Waals surface area contributed by atoms with Gasteiger partial charge in [0.25, 0.3) is 0 Å². The van der Waals surface area contributed by atoms with E-state index in [9.17, 15) is 4.79 Å². The summed E-state index contributed by atoms with van der Waals surface area (Å²) in [5.74, 6) is 1.23. The number of anilines is 1. The quantitative estimate of drug-likeness (QED) is 0.688. The average molecular weight is 317 g/mol. The van der Waals surface area contributed by atoms with Gasteiger partial charge in [0, 0.05) is 31.1 Å². The van der Waals surface area contributed by atoms with Crippen LogP contribution in [0.1, 0.15) is 18.2 Å². The lowest BCUT2D eigenvalue weighted by molar-refractivity contribution is -0.117. The summed E-state index contributed by atoms with van der Waals surface area (Å²) in [5.41, 5.74) is 3.02. The minimum atomic E-state index is 0.102. The number of para-hydroxylation sites is 3. The van der Waals surface area contributed by atoms with Gasteiger partial charge in [-0.05, 0) is 24.3 Å². The van der Waals surface area contributed by atoms with E-state index in [1.54, 1.807) is 0 Å². The fraction of sp³-hybridized carbons (Fsp3) is 0.200. The number of benzene rings is 2. The van der Waals surface area contributed by atoms with Gasteiger partial charge in [-0.2, -0.15) is 0 Å². The molecule has 0 bridgehead atoms. The maximum Gasteiger partial charge on any atom is 0.227 e. The maximum absolute atomic E-state index is 12.5. The van der Waals surface area contributed by atoms with Crippen LogP contribution in [-0.2, 0) is 11.3 Å². The first-order chi connectivity index (χ1) is 11.8. The predicted octanol–water partition coefficient (Wildman–Crippen LogP) is 3.74. The van der Waals surface area contributed by atoms with Crippen LogP contribution in [0.3, 0.4) is 0 Å². The Kier molecular flexibility index (Phi) is 3.65. The molecule has 1 atom stereocenters. The minimum absolute atomic E-state index is 0.102. The molecule has 0 unspecified atom stereocenters. The van der Waals surface area contributed by atoms with E-state index >= 15 is 0 Å². The number of rotatable bonds is 4. The Morgan fingerprint density at radius 2 is 1.88 bits per heavy atom. The Morgan fingerprint density at radius 3 is 2.67 bits per heavy atom. The average Bonchev–Trinajstić information content (AvgIpc) is 3.17. The first-order valence-electron chi connectivity index (χ1n) is 8.19. The zero-order valence-corrected chi connectivity index (χ0v) is 13.4. The van der Waals surface area contributed by atoms with Crippen LogP contribution >= 0.6 is 0 Å². The van der Waals surface area contributed by atoms with Crippen LogP contribution in [-0.4, -0.2) is 22.0 Å². The van der Waals surface area contributed by atoms with Crippen LogP contribution in [0.15, 0.2) is 67.3 Å². The predicted molar refractivity (Wildman–Crippen MR) is 96.1 cm³/mol. The second-order valence-electron chi connectivity index (χ2n) is 6.10. The number of nitrogens with zero attached hydrogens (tertiary/aromatic N) is 3. The number of imidazole rings is 1. The van der Waals surface area contributed by atoms with Crippen molar-refractivity contribution in [3.63, 3.8) is 0 Å². The number of carbonyl (C=O) groups is 1. The van der Waals surface area contributed by atoms with Crippen LogP contribution in [0.25, 0.3) is 11.0 Å². The molecule has 0 radical (unpaired) electrons. The number of carbonyl (C=O) groups excluding carboxylic acids is 1. The lowest BCUT2D eigenvalue weighted by Crippen LogP contribution is -2.24. The molecule has 4 rings (SSSR count). The Morgan fingerprint density at radius 1 is 1.12 bits per heavy atom. The summed E-state index contributed by atoms with van der Waals surface area (Å²) in [7, 11) is 0. The second kappa shape index (κ2) is 5.96. The van der Waals surface area contributed by atoms with Crippen molar-refractivity contribution in [1.29, 1.82) is 0 Å². The van der Waals surface area contributed by atoms with Crippen LogP contribution < -0.4 is 4.90 Å². The summed E-state index contributed by atoms with van der Waals surface area (Å²) in [4.78, 5) is 19.2. The van der Waals surface area contributed by atoms with Crippen molar-refractivity contribution < 1.29 is 4.79 Å². The number of aromatic nitrogens is 2. The first-order valence-corrected chi connectivity index (χ1v) is 8.19. The summed E-state index contributed by atoms with van der Waals surface area (Å²) in [5, 5.41) is 0. The molecule has 1 aliphatic rings. The Labute approximate surface area is 141 Å². The molecule has 120 valence electrons. The van der Waals surface area contributed by atoms with Gasteiger partial charge in [-0.3, -0.25) is 4.79 Å². The van der Waals surface area contributed by atoms with E-state index in [1.165, 1.54) is 0 Å². The molecule has 24 heavy (non-hydrogen) atoms. The van der Waals surface area contributed by atoms with Gasteiger partial charge in [0.15, 0.2) is 0 Å². The van der Waals surface area contributed by atoms with Crippen molar-refractivity contribution in [3.05, 3.63) is 73.1 Å². The van der Waals surface area contributed by atoms with Gasteiger partial charge in [-0.25, -0.2) is 4.98 Å². The fourth-order valence-electron chi connectivity index (χ4n) is 3.46. The normalized spacial score (nSPS) is 17.6. The molecule has 4 nitrogen and oxygen atoms in total. The number of hydrogen-bond acceptors (Lipinski definition) is 2. The van der Waals surface area contributed by atoms with Crippen LogP contribution in [0, 0.1) is 0 Å². The molecule has 1 aliphatic heterocycles. The van der Waals surface area contributed by atoms with Gasteiger partial charge >= 0.3 is 0 Å². The number of amides is 1. The highest BCUT2D eigenvalue weighted by Crippen LogP contribution is 2.33. The molecule has 2 aromatic carbocycles. The fourth-order valence-corrected chi connectivity index (χ4v) is 3.46. The summed E-state index contributed by atoms with van der Waals surface area (Å²) < 4.78 is 2.18. The SMILES string of the molecule is C=CCn1c([C@@H]2CC(=O)N(c3ccccc3)C2)nc2ccccc21. The van der Waals surface area contributed by atoms with Gasteiger partial charge in [-0.15, -0.1) is 6.58 Å². The Balaban J connectivity index is 1.72. The summed E-state index contributed by atoms with van der Waals surface area (Å²) >= 11 is 0. The van der Waals surface area contributed by atoms with E-state index in [4.69, 9.17) is 4.98 Å². The van der Waals surface area contributed by atoms with Gasteiger partial charge < -0.3 is 9.47 Å². The molecule has 0 aliphatic carbocycles. The monoisotopic (exact) mass is 317 g/mol. The highest BCUT2D eigenvalue weighted by molar-refractivity contribution is 5.96. The minimum Gasteiger partial charge on any atom is -0.324 e. The van der Waals surface area contributed by atoms with Crippen molar-refractivity contribution in [2.45, 2.75) is 18.9 Å². The third-order valence-electron chi connectivity index (χ3n) is 4.55. The highest BCUT2D eigenvalue weighted by Gasteiger charge is 2.34. The van der Waals surface area contributed by atoms with E-state index in [2.05, 4.69) is 17.2 Å². The largest absolute Gasteiger partial charge is 0.324 e. The lowest BCUT2D eigenvalue weighted by Gasteiger charge is -2.17. The smallest absolute Gasteiger partial charge is 0.227 e. The van der Waals surface area contributed by atoms with Gasteiger partial charge in [0.2, 0.25) is 5.91 Å². The molecule has 4 heteroatoms. The van der Waals surface area contributed by atoms with Crippen molar-refractivity contribution in [2.75, 3.05) is 11.4 Å². The van der Waals surface area contributed by atoms with Crippen LogP contribution in [0.5, 0.6) is 0 Å². The van der Waals surface area contributed by atoms with Crippen LogP contribution in [0.2, 0.25) is 0 Å². The molecule has 0 spiro atoms. The highest BCUT2D eigenvalue weighted by atomic mass is 16.2. The molecular weight excluding hydrogens is 298 g/mol. The van der Waals surface area contributed by atoms with Gasteiger partial charge in [0.1, 0.15) is 5.82 Å². The van der Waals surface area contributed by atoms with E-state index in [1.807, 2.05) is 59.5 Å². The maximum atomic E-state index is 12.5. The zero-order valence-electron chi connectivity index (χ0n) is 13.4. The van der Waals surface area contributed by atoms with E-state index < -0.39 is 0 Å². The molecule has 3 aromatic rings. The second-order valence-corrected chi connectivity index (χ2v) is 6.10. The molecule has 1 aromatic heterocycles. The third-order valence-corrected chi connectivity index (χ3v) is 4.55. The molecule has 1 amide bonds. The summed E-state index contributed by atoms with van der Waals surface area (Å²) in [6.07, 6.45) is 2.37. The Hall–Kier alpha value is -2.88. The third kappa shape index (κ3) is 2.40. The van der Waals surface area contributed by atoms with Gasteiger partial charge in [0.05, 0.1) is 11.0 Å². The standard InChI is InChI=1S/C20H19N3O/c1-2-12-22-18-11-7-6-10-17(18)21-20(22)15-13-19(24)23(14-15)16-8-4-3-5-9-16/h2-11,15H,1,12-14H2/t15-/m1/s1. The van der Waals surface area contributed by atoms with Crippen molar-refractivity contribution in [3.8, 4) is 0 Å². The van der Waals surface area contributed by atoms with Crippen molar-refractivity contribution >= 4 is 22.6 Å². The van der Waals surface area contributed by atoms with E-state index in [-0.39, 0.29) is 11.8 Å². The zero-order chi connectivity index (χ0) is 16.5. The van der Waals surface area contributed by atoms with E-state index in [0.29, 0.717) is 19.5 Å². The molecule has 0 N–H and O–H groups in total. The number of hydrogen-bond donors (Lipinski definition) is 0. The van der Waals surface area contributed by atoms with Gasteiger partial charge in [-0.1, -0.05) is 36.4 Å². The first kappa shape index (κ1) is 14.7.